The van der Waals surface area contributed by atoms with Crippen LogP contribution in [-0.2, 0) is 0 Å². The smallest absolute Gasteiger partial charge is 0.408 e. The molecule has 0 aliphatic heterocycles. The largest absolute Gasteiger partial charge is 0.417 e. The Bertz CT molecular complexity index is 1140. The predicted octanol–water partition coefficient (Wildman–Crippen LogP) is 3.81. The van der Waals surface area contributed by atoms with Crippen molar-refractivity contribution in [2.45, 2.75) is 6.92 Å². The number of oxazole rings is 1. The second kappa shape index (κ2) is 6.03. The van der Waals surface area contributed by atoms with Gasteiger partial charge in [0.2, 0.25) is 0 Å². The van der Waals surface area contributed by atoms with E-state index in [9.17, 15) is 9.59 Å². The van der Waals surface area contributed by atoms with Crippen molar-refractivity contribution in [3.8, 4) is 11.3 Å². The number of aryl methyl sites for hydroxylation is 1. The van der Waals surface area contributed by atoms with Crippen molar-refractivity contribution in [2.24, 2.45) is 0 Å². The number of nitrogens with one attached hydrogen (secondary N) is 2. The molecule has 0 spiro atoms. The zero-order valence-electron chi connectivity index (χ0n) is 13.2. The van der Waals surface area contributed by atoms with E-state index < -0.39 is 5.76 Å². The summed E-state index contributed by atoms with van der Waals surface area (Å²) in [5, 5.41) is 5.19. The van der Waals surface area contributed by atoms with Gasteiger partial charge in [-0.3, -0.25) is 15.1 Å². The summed E-state index contributed by atoms with van der Waals surface area (Å²) in [6, 6.07) is 12.7. The Morgan fingerprint density at radius 3 is 2.92 bits per heavy atom. The SMILES string of the molecule is Cc1ccccc1C(=O)Nc1nc(-c2ccc3oc(=O)[nH]c3c2)cs1. The van der Waals surface area contributed by atoms with E-state index in [4.69, 9.17) is 4.42 Å². The van der Waals surface area contributed by atoms with Crippen molar-refractivity contribution in [3.05, 3.63) is 69.5 Å². The van der Waals surface area contributed by atoms with Crippen molar-refractivity contribution in [1.29, 1.82) is 0 Å². The van der Waals surface area contributed by atoms with Crippen molar-refractivity contribution in [1.82, 2.24) is 9.97 Å². The molecular formula is C18H13N3O3S. The minimum Gasteiger partial charge on any atom is -0.408 e. The number of carbonyl (C=O) groups is 1. The standard InChI is InChI=1S/C18H13N3O3S/c1-10-4-2-3-5-12(10)16(22)21-17-19-14(9-25-17)11-6-7-15-13(8-11)20-18(23)24-15/h2-9H,1H3,(H,20,23)(H,19,21,22). The molecule has 6 nitrogen and oxygen atoms in total. The summed E-state index contributed by atoms with van der Waals surface area (Å²) >= 11 is 1.35. The molecule has 25 heavy (non-hydrogen) atoms. The first-order valence-corrected chi connectivity index (χ1v) is 8.44. The van der Waals surface area contributed by atoms with E-state index in [1.807, 2.05) is 36.6 Å². The molecular weight excluding hydrogens is 338 g/mol. The molecule has 2 heterocycles. The van der Waals surface area contributed by atoms with Crippen LogP contribution in [0.1, 0.15) is 15.9 Å². The summed E-state index contributed by atoms with van der Waals surface area (Å²) in [4.78, 5) is 30.7. The Kier molecular flexibility index (Phi) is 3.70. The second-order valence-electron chi connectivity index (χ2n) is 5.53. The van der Waals surface area contributed by atoms with Gasteiger partial charge in [-0.05, 0) is 36.8 Å². The number of benzene rings is 2. The molecule has 0 saturated carbocycles. The average molecular weight is 351 g/mol. The molecule has 2 N–H and O–H groups in total. The van der Waals surface area contributed by atoms with Crippen LogP contribution >= 0.6 is 11.3 Å². The third kappa shape index (κ3) is 2.97. The van der Waals surface area contributed by atoms with Crippen LogP contribution in [0.2, 0.25) is 0 Å². The maximum Gasteiger partial charge on any atom is 0.417 e. The highest BCUT2D eigenvalue weighted by Crippen LogP contribution is 2.27. The van der Waals surface area contributed by atoms with Crippen LogP contribution in [0.25, 0.3) is 22.4 Å². The number of amides is 1. The van der Waals surface area contributed by atoms with E-state index in [1.54, 1.807) is 18.2 Å². The number of hydrogen-bond acceptors (Lipinski definition) is 5. The van der Waals surface area contributed by atoms with Crippen LogP contribution in [0.15, 0.2) is 57.1 Å². The van der Waals surface area contributed by atoms with Gasteiger partial charge in [-0.2, -0.15) is 0 Å². The monoisotopic (exact) mass is 351 g/mol. The van der Waals surface area contributed by atoms with Crippen LogP contribution < -0.4 is 11.1 Å². The topological polar surface area (TPSA) is 88.0 Å². The molecule has 4 aromatic rings. The fourth-order valence-electron chi connectivity index (χ4n) is 2.57. The predicted molar refractivity (Wildman–Crippen MR) is 97.1 cm³/mol. The highest BCUT2D eigenvalue weighted by molar-refractivity contribution is 7.14. The second-order valence-corrected chi connectivity index (χ2v) is 6.39. The molecule has 0 aliphatic rings. The molecule has 1 amide bonds. The number of aromatic nitrogens is 2. The Balaban J connectivity index is 1.60. The summed E-state index contributed by atoms with van der Waals surface area (Å²) in [7, 11) is 0. The van der Waals surface area contributed by atoms with Gasteiger partial charge in [-0.25, -0.2) is 9.78 Å². The van der Waals surface area contributed by atoms with E-state index in [0.717, 1.165) is 11.1 Å². The van der Waals surface area contributed by atoms with Gasteiger partial charge < -0.3 is 4.42 Å². The van der Waals surface area contributed by atoms with E-state index >= 15 is 0 Å². The fourth-order valence-corrected chi connectivity index (χ4v) is 3.28. The number of H-pyrrole nitrogens is 1. The average Bonchev–Trinajstić information content (AvgIpc) is 3.19. The van der Waals surface area contributed by atoms with E-state index in [1.165, 1.54) is 11.3 Å². The van der Waals surface area contributed by atoms with Crippen molar-refractivity contribution < 1.29 is 9.21 Å². The highest BCUT2D eigenvalue weighted by Gasteiger charge is 2.12. The molecule has 124 valence electrons. The van der Waals surface area contributed by atoms with Gasteiger partial charge in [-0.15, -0.1) is 11.3 Å². The Hall–Kier alpha value is -3.19. The minimum atomic E-state index is -0.489. The summed E-state index contributed by atoms with van der Waals surface area (Å²) in [6.45, 7) is 1.89. The third-order valence-electron chi connectivity index (χ3n) is 3.83. The van der Waals surface area contributed by atoms with Crippen molar-refractivity contribution >= 4 is 33.5 Å². The summed E-state index contributed by atoms with van der Waals surface area (Å²) in [5.74, 6) is -0.676. The van der Waals surface area contributed by atoms with Gasteiger partial charge in [0.25, 0.3) is 5.91 Å². The lowest BCUT2D eigenvalue weighted by Gasteiger charge is -2.04. The third-order valence-corrected chi connectivity index (χ3v) is 4.59. The van der Waals surface area contributed by atoms with Crippen LogP contribution in [0.4, 0.5) is 5.13 Å². The molecule has 2 aromatic heterocycles. The zero-order valence-corrected chi connectivity index (χ0v) is 14.0. The first kappa shape index (κ1) is 15.3. The lowest BCUT2D eigenvalue weighted by atomic mass is 10.1. The normalized spacial score (nSPS) is 10.9. The molecule has 4 rings (SSSR count). The first-order valence-electron chi connectivity index (χ1n) is 7.56. The van der Waals surface area contributed by atoms with Crippen LogP contribution in [0.5, 0.6) is 0 Å². The molecule has 0 saturated heterocycles. The number of nitrogens with zero attached hydrogens (tertiary/aromatic N) is 1. The molecule has 2 aromatic carbocycles. The number of aromatic amines is 1. The van der Waals surface area contributed by atoms with Gasteiger partial charge in [0.15, 0.2) is 10.7 Å². The van der Waals surface area contributed by atoms with Crippen molar-refractivity contribution in [3.63, 3.8) is 0 Å². The molecule has 7 heteroatoms. The number of thiazole rings is 1. The van der Waals surface area contributed by atoms with E-state index in [0.29, 0.717) is 27.5 Å². The Labute approximate surface area is 146 Å². The van der Waals surface area contributed by atoms with Crippen LogP contribution in [-0.4, -0.2) is 15.9 Å². The quantitative estimate of drug-likeness (QED) is 0.587. The Morgan fingerprint density at radius 1 is 1.24 bits per heavy atom. The molecule has 0 radical (unpaired) electrons. The highest BCUT2D eigenvalue weighted by atomic mass is 32.1. The lowest BCUT2D eigenvalue weighted by molar-refractivity contribution is 0.102. The zero-order chi connectivity index (χ0) is 17.4. The minimum absolute atomic E-state index is 0.186. The molecule has 0 aliphatic carbocycles. The first-order chi connectivity index (χ1) is 12.1. The molecule has 0 atom stereocenters. The van der Waals surface area contributed by atoms with E-state index in [-0.39, 0.29) is 5.91 Å². The van der Waals surface area contributed by atoms with Gasteiger partial charge >= 0.3 is 5.76 Å². The number of carbonyl (C=O) groups excluding carboxylic acids is 1. The number of hydrogen-bond donors (Lipinski definition) is 2. The molecule has 0 bridgehead atoms. The number of anilines is 1. The van der Waals surface area contributed by atoms with Gasteiger partial charge in [0, 0.05) is 16.5 Å². The summed E-state index contributed by atoms with van der Waals surface area (Å²) in [6.07, 6.45) is 0. The van der Waals surface area contributed by atoms with Crippen molar-refractivity contribution in [2.75, 3.05) is 5.32 Å². The summed E-state index contributed by atoms with van der Waals surface area (Å²) in [5.41, 5.74) is 4.19. The summed E-state index contributed by atoms with van der Waals surface area (Å²) < 4.78 is 4.99. The molecule has 0 unspecified atom stereocenters. The fraction of sp³-hybridized carbons (Fsp3) is 0.0556. The van der Waals surface area contributed by atoms with Gasteiger partial charge in [0.1, 0.15) is 0 Å². The number of rotatable bonds is 3. The van der Waals surface area contributed by atoms with Crippen LogP contribution in [0, 0.1) is 6.92 Å². The number of fused-ring (bicyclic) bond motifs is 1. The van der Waals surface area contributed by atoms with Gasteiger partial charge in [0.05, 0.1) is 11.2 Å². The van der Waals surface area contributed by atoms with E-state index in [2.05, 4.69) is 15.3 Å². The lowest BCUT2D eigenvalue weighted by Crippen LogP contribution is -2.12. The van der Waals surface area contributed by atoms with Gasteiger partial charge in [-0.1, -0.05) is 18.2 Å². The molecule has 0 fully saturated rings. The maximum atomic E-state index is 12.4. The van der Waals surface area contributed by atoms with Crippen LogP contribution in [0.3, 0.4) is 0 Å². The maximum absolute atomic E-state index is 12.4. The Morgan fingerprint density at radius 2 is 2.08 bits per heavy atom.